The lowest BCUT2D eigenvalue weighted by Crippen LogP contribution is -1.77. The third kappa shape index (κ3) is 4.34. The molecule has 0 aliphatic carbocycles. The summed E-state index contributed by atoms with van der Waals surface area (Å²) >= 11 is 0. The Balaban J connectivity index is 0.000000164. The van der Waals surface area contributed by atoms with E-state index in [4.69, 9.17) is 12.8 Å². The largest absolute Gasteiger partial charge is 0.265 e. The second kappa shape index (κ2) is 8.04. The van der Waals surface area contributed by atoms with E-state index in [2.05, 4.69) is 21.8 Å². The maximum atomic E-state index is 5.14. The highest BCUT2D eigenvalue weighted by Crippen LogP contribution is 2.15. The normalized spacial score (nSPS) is 8.82. The zero-order valence-corrected chi connectivity index (χ0v) is 12.0. The second-order valence-corrected chi connectivity index (χ2v) is 4.34. The van der Waals surface area contributed by atoms with Crippen molar-refractivity contribution in [1.82, 2.24) is 9.97 Å². The Bertz CT molecular complexity index is 707. The Morgan fingerprint density at radius 2 is 0.864 bits per heavy atom. The van der Waals surface area contributed by atoms with Crippen molar-refractivity contribution in [3.8, 4) is 35.8 Å². The first-order valence-corrected chi connectivity index (χ1v) is 6.67. The van der Waals surface area contributed by atoms with Gasteiger partial charge in [0.15, 0.2) is 0 Å². The van der Waals surface area contributed by atoms with Crippen LogP contribution in [0.2, 0.25) is 0 Å². The predicted octanol–water partition coefficient (Wildman–Crippen LogP) is 3.79. The molecular formula is C20H14N2. The van der Waals surface area contributed by atoms with E-state index in [1.807, 2.05) is 48.5 Å². The van der Waals surface area contributed by atoms with Gasteiger partial charge in [0.2, 0.25) is 0 Å². The molecule has 2 aromatic heterocycles. The predicted molar refractivity (Wildman–Crippen MR) is 89.8 cm³/mol. The molecule has 3 rings (SSSR count). The van der Waals surface area contributed by atoms with Crippen molar-refractivity contribution in [1.29, 1.82) is 0 Å². The number of hydrogen-bond acceptors (Lipinski definition) is 2. The smallest absolute Gasteiger partial charge is 0.0273 e. The van der Waals surface area contributed by atoms with Crippen LogP contribution >= 0.6 is 0 Å². The van der Waals surface area contributed by atoms with E-state index in [1.54, 1.807) is 24.8 Å². The van der Waals surface area contributed by atoms with E-state index >= 15 is 0 Å². The van der Waals surface area contributed by atoms with E-state index in [1.165, 1.54) is 11.1 Å². The fourth-order valence-corrected chi connectivity index (χ4v) is 1.75. The Morgan fingerprint density at radius 3 is 1.14 bits per heavy atom. The van der Waals surface area contributed by atoms with E-state index in [9.17, 15) is 0 Å². The average Bonchev–Trinajstić information content (AvgIpc) is 2.64. The van der Waals surface area contributed by atoms with Crippen LogP contribution in [0.25, 0.3) is 11.1 Å². The molecule has 0 unspecified atom stereocenters. The molecule has 0 N–H and O–H groups in total. The molecule has 0 atom stereocenters. The van der Waals surface area contributed by atoms with Crippen LogP contribution in [0.3, 0.4) is 0 Å². The lowest BCUT2D eigenvalue weighted by atomic mass is 10.1. The molecule has 0 fully saturated rings. The summed E-state index contributed by atoms with van der Waals surface area (Å²) in [4.78, 5) is 7.91. The molecule has 0 saturated heterocycles. The number of nitrogens with zero attached hydrogens (tertiary/aromatic N) is 2. The van der Waals surface area contributed by atoms with Gasteiger partial charge >= 0.3 is 0 Å². The summed E-state index contributed by atoms with van der Waals surface area (Å²) in [6, 6.07) is 15.2. The molecule has 0 aliphatic heterocycles. The lowest BCUT2D eigenvalue weighted by molar-refractivity contribution is 1.31. The summed E-state index contributed by atoms with van der Waals surface area (Å²) in [6.45, 7) is 0. The Morgan fingerprint density at radius 1 is 0.545 bits per heavy atom. The molecule has 104 valence electrons. The van der Waals surface area contributed by atoms with E-state index in [0.29, 0.717) is 0 Å². The van der Waals surface area contributed by atoms with E-state index in [0.717, 1.165) is 11.1 Å². The van der Waals surface area contributed by atoms with Crippen LogP contribution in [0.15, 0.2) is 73.3 Å². The van der Waals surface area contributed by atoms with Gasteiger partial charge in [0.1, 0.15) is 0 Å². The van der Waals surface area contributed by atoms with Gasteiger partial charge in [-0.25, -0.2) is 0 Å². The van der Waals surface area contributed by atoms with Gasteiger partial charge in [0, 0.05) is 35.9 Å². The van der Waals surface area contributed by atoms with Crippen molar-refractivity contribution in [2.75, 3.05) is 0 Å². The first-order valence-electron chi connectivity index (χ1n) is 6.67. The molecule has 0 spiro atoms. The molecule has 0 radical (unpaired) electrons. The molecular weight excluding hydrogens is 268 g/mol. The topological polar surface area (TPSA) is 25.8 Å². The number of rotatable bonds is 1. The highest BCUT2D eigenvalue weighted by atomic mass is 14.6. The third-order valence-corrected chi connectivity index (χ3v) is 2.91. The zero-order valence-electron chi connectivity index (χ0n) is 12.0. The standard InChI is InChI=1S/C10H8N2.C10H6/c1-5-11-6-2-9(1)10-3-7-12-8-4-10;1-3-9-5-7-10(4-2)8-6-9/h1-8H;1-2,5-8H. The number of terminal acetylenes is 2. The minimum atomic E-state index is 0.860. The van der Waals surface area contributed by atoms with Gasteiger partial charge in [-0.05, 0) is 59.7 Å². The molecule has 0 amide bonds. The minimum Gasteiger partial charge on any atom is -0.265 e. The average molecular weight is 282 g/mol. The van der Waals surface area contributed by atoms with Crippen molar-refractivity contribution in [2.24, 2.45) is 0 Å². The second-order valence-electron chi connectivity index (χ2n) is 4.34. The number of benzene rings is 1. The van der Waals surface area contributed by atoms with Crippen LogP contribution in [0.5, 0.6) is 0 Å². The summed E-state index contributed by atoms with van der Waals surface area (Å²) < 4.78 is 0. The highest BCUT2D eigenvalue weighted by Gasteiger charge is 1.92. The zero-order chi connectivity index (χ0) is 15.6. The molecule has 0 saturated carbocycles. The Kier molecular flexibility index (Phi) is 5.50. The maximum absolute atomic E-state index is 5.14. The van der Waals surface area contributed by atoms with Crippen molar-refractivity contribution < 1.29 is 0 Å². The van der Waals surface area contributed by atoms with Gasteiger partial charge < -0.3 is 0 Å². The van der Waals surface area contributed by atoms with Gasteiger partial charge in [-0.2, -0.15) is 0 Å². The van der Waals surface area contributed by atoms with Gasteiger partial charge in [0.05, 0.1) is 0 Å². The fraction of sp³-hybridized carbons (Fsp3) is 0. The first-order chi connectivity index (χ1) is 10.8. The maximum Gasteiger partial charge on any atom is 0.0273 e. The summed E-state index contributed by atoms with van der Waals surface area (Å²) in [6.07, 6.45) is 17.4. The van der Waals surface area contributed by atoms with Gasteiger partial charge in [-0.3, -0.25) is 9.97 Å². The van der Waals surface area contributed by atoms with E-state index < -0.39 is 0 Å². The van der Waals surface area contributed by atoms with Crippen molar-refractivity contribution >= 4 is 0 Å². The molecule has 0 bridgehead atoms. The fourth-order valence-electron chi connectivity index (χ4n) is 1.75. The summed E-state index contributed by atoms with van der Waals surface area (Å²) in [5.41, 5.74) is 4.07. The molecule has 2 heterocycles. The van der Waals surface area contributed by atoms with Crippen LogP contribution in [0.1, 0.15) is 11.1 Å². The van der Waals surface area contributed by atoms with Crippen molar-refractivity contribution in [2.45, 2.75) is 0 Å². The lowest BCUT2D eigenvalue weighted by Gasteiger charge is -1.97. The third-order valence-electron chi connectivity index (χ3n) is 2.91. The molecule has 1 aromatic carbocycles. The molecule has 3 aromatic rings. The number of pyridine rings is 2. The van der Waals surface area contributed by atoms with Gasteiger partial charge in [0.25, 0.3) is 0 Å². The Labute approximate surface area is 130 Å². The summed E-state index contributed by atoms with van der Waals surface area (Å²) in [5.74, 6) is 5.02. The van der Waals surface area contributed by atoms with Gasteiger partial charge in [-0.1, -0.05) is 11.8 Å². The van der Waals surface area contributed by atoms with Crippen LogP contribution in [-0.4, -0.2) is 9.97 Å². The van der Waals surface area contributed by atoms with Crippen molar-refractivity contribution in [3.05, 3.63) is 84.4 Å². The molecule has 0 aliphatic rings. The van der Waals surface area contributed by atoms with Gasteiger partial charge in [-0.15, -0.1) is 12.8 Å². The Hall–Kier alpha value is -3.36. The molecule has 2 nitrogen and oxygen atoms in total. The minimum absolute atomic E-state index is 0.860. The SMILES string of the molecule is C#Cc1ccc(C#C)cc1.c1cc(-c2ccncc2)ccn1. The highest BCUT2D eigenvalue weighted by molar-refractivity contribution is 5.61. The first kappa shape index (κ1) is 15.0. The molecule has 2 heteroatoms. The van der Waals surface area contributed by atoms with E-state index in [-0.39, 0.29) is 0 Å². The summed E-state index contributed by atoms with van der Waals surface area (Å²) in [5, 5.41) is 0. The summed E-state index contributed by atoms with van der Waals surface area (Å²) in [7, 11) is 0. The quantitative estimate of drug-likeness (QED) is 0.635. The van der Waals surface area contributed by atoms with Crippen molar-refractivity contribution in [3.63, 3.8) is 0 Å². The number of hydrogen-bond donors (Lipinski definition) is 0. The van der Waals surface area contributed by atoms with Crippen LogP contribution < -0.4 is 0 Å². The van der Waals surface area contributed by atoms with Crippen LogP contribution in [-0.2, 0) is 0 Å². The monoisotopic (exact) mass is 282 g/mol. The molecule has 22 heavy (non-hydrogen) atoms. The van der Waals surface area contributed by atoms with Crippen LogP contribution in [0, 0.1) is 24.7 Å². The van der Waals surface area contributed by atoms with Crippen LogP contribution in [0.4, 0.5) is 0 Å². The number of aromatic nitrogens is 2.